The van der Waals surface area contributed by atoms with E-state index in [0.717, 1.165) is 31.2 Å². The third kappa shape index (κ3) is 3.43. The maximum atomic E-state index is 11.4. The van der Waals surface area contributed by atoms with Crippen LogP contribution in [0.25, 0.3) is 5.65 Å². The Hall–Kier alpha value is -2.24. The molecule has 1 aliphatic rings. The van der Waals surface area contributed by atoms with Crippen molar-refractivity contribution in [3.05, 3.63) is 34.5 Å². The Kier molecular flexibility index (Phi) is 4.51. The van der Waals surface area contributed by atoms with Gasteiger partial charge in [0.25, 0.3) is 0 Å². The number of rotatable bonds is 6. The van der Waals surface area contributed by atoms with Crippen LogP contribution in [0.4, 0.5) is 10.9 Å². The monoisotopic (exact) mass is 378 g/mol. The Morgan fingerprint density at radius 1 is 1.48 bits per heavy atom. The zero-order chi connectivity index (χ0) is 17.2. The van der Waals surface area contributed by atoms with Crippen LogP contribution in [0.1, 0.15) is 12.8 Å². The molecule has 25 heavy (non-hydrogen) atoms. The van der Waals surface area contributed by atoms with Crippen molar-refractivity contribution in [3.63, 3.8) is 0 Å². The van der Waals surface area contributed by atoms with E-state index in [0.29, 0.717) is 26.7 Å². The first kappa shape index (κ1) is 16.2. The number of ether oxygens (including phenoxy) is 1. The molecule has 1 fully saturated rings. The number of nitrogens with one attached hydrogen (secondary N) is 1. The lowest BCUT2D eigenvalue weighted by Gasteiger charge is -2.08. The molecule has 0 saturated carbocycles. The molecule has 0 radical (unpaired) electrons. The maximum Gasteiger partial charge on any atom is 0.362 e. The number of imidazole rings is 1. The lowest BCUT2D eigenvalue weighted by molar-refractivity contribution is -0.393. The van der Waals surface area contributed by atoms with E-state index in [2.05, 4.69) is 20.5 Å². The number of hydrogen-bond donors (Lipinski definition) is 1. The average molecular weight is 378 g/mol. The number of fused-ring (bicyclic) bond motifs is 1. The summed E-state index contributed by atoms with van der Waals surface area (Å²) in [5, 5.41) is 23.8. The van der Waals surface area contributed by atoms with Gasteiger partial charge in [-0.15, -0.1) is 10.2 Å². The minimum Gasteiger partial charge on any atom is -0.376 e. The summed E-state index contributed by atoms with van der Waals surface area (Å²) in [6, 6.07) is 5.25. The van der Waals surface area contributed by atoms with E-state index in [4.69, 9.17) is 4.74 Å². The molecule has 0 aliphatic carbocycles. The fraction of sp³-hybridized carbons (Fsp3) is 0.357. The number of nitro groups is 1. The van der Waals surface area contributed by atoms with Crippen LogP contribution in [0.5, 0.6) is 0 Å². The summed E-state index contributed by atoms with van der Waals surface area (Å²) in [6.07, 6.45) is 3.96. The average Bonchev–Trinajstić information content (AvgIpc) is 3.32. The van der Waals surface area contributed by atoms with Crippen LogP contribution in [-0.2, 0) is 4.74 Å². The van der Waals surface area contributed by atoms with Gasteiger partial charge in [0.1, 0.15) is 0 Å². The van der Waals surface area contributed by atoms with Crippen molar-refractivity contribution in [2.75, 3.05) is 18.5 Å². The third-order valence-electron chi connectivity index (χ3n) is 3.74. The second-order valence-electron chi connectivity index (χ2n) is 5.42. The quantitative estimate of drug-likeness (QED) is 0.515. The van der Waals surface area contributed by atoms with Gasteiger partial charge in [-0.25, -0.2) is 0 Å². The van der Waals surface area contributed by atoms with E-state index in [-0.39, 0.29) is 11.9 Å². The Balaban J connectivity index is 1.51. The fourth-order valence-electron chi connectivity index (χ4n) is 2.61. The van der Waals surface area contributed by atoms with Crippen molar-refractivity contribution in [1.82, 2.24) is 19.6 Å². The normalized spacial score (nSPS) is 17.2. The highest BCUT2D eigenvalue weighted by molar-refractivity contribution is 8.01. The molecule has 1 saturated heterocycles. The minimum atomic E-state index is -0.431. The van der Waals surface area contributed by atoms with E-state index < -0.39 is 4.92 Å². The molecule has 0 spiro atoms. The predicted molar refractivity (Wildman–Crippen MR) is 93.3 cm³/mol. The Bertz CT molecular complexity index is 905. The molecule has 0 amide bonds. The molecule has 1 aliphatic heterocycles. The van der Waals surface area contributed by atoms with Crippen molar-refractivity contribution >= 4 is 39.7 Å². The lowest BCUT2D eigenvalue weighted by Crippen LogP contribution is -2.18. The molecular weight excluding hydrogens is 364 g/mol. The lowest BCUT2D eigenvalue weighted by atomic mass is 10.2. The smallest absolute Gasteiger partial charge is 0.362 e. The molecule has 4 rings (SSSR count). The topological polar surface area (TPSA) is 107 Å². The van der Waals surface area contributed by atoms with Gasteiger partial charge in [-0.1, -0.05) is 17.4 Å². The third-order valence-corrected chi connectivity index (χ3v) is 5.64. The first-order chi connectivity index (χ1) is 12.2. The molecule has 130 valence electrons. The highest BCUT2D eigenvalue weighted by Crippen LogP contribution is 2.37. The van der Waals surface area contributed by atoms with Gasteiger partial charge in [-0.05, 0) is 35.6 Å². The van der Waals surface area contributed by atoms with Gasteiger partial charge < -0.3 is 20.2 Å². The zero-order valence-electron chi connectivity index (χ0n) is 13.0. The Labute approximate surface area is 150 Å². The molecule has 3 aromatic rings. The van der Waals surface area contributed by atoms with Gasteiger partial charge in [-0.3, -0.25) is 0 Å². The van der Waals surface area contributed by atoms with E-state index in [1.807, 2.05) is 0 Å². The first-order valence-electron chi connectivity index (χ1n) is 7.69. The summed E-state index contributed by atoms with van der Waals surface area (Å²) in [7, 11) is 0. The Morgan fingerprint density at radius 3 is 3.20 bits per heavy atom. The molecular formula is C14H14N6O3S2. The molecule has 3 aromatic heterocycles. The highest BCUT2D eigenvalue weighted by Gasteiger charge is 2.24. The van der Waals surface area contributed by atoms with Crippen LogP contribution >= 0.6 is 23.1 Å². The second kappa shape index (κ2) is 6.94. The maximum absolute atomic E-state index is 11.4. The highest BCUT2D eigenvalue weighted by atomic mass is 32.2. The molecule has 0 aromatic carbocycles. The van der Waals surface area contributed by atoms with Crippen LogP contribution in [0, 0.1) is 10.1 Å². The summed E-state index contributed by atoms with van der Waals surface area (Å²) in [5.41, 5.74) is 0.526. The van der Waals surface area contributed by atoms with Crippen LogP contribution in [0.3, 0.4) is 0 Å². The number of pyridine rings is 1. The van der Waals surface area contributed by atoms with Gasteiger partial charge >= 0.3 is 5.82 Å². The van der Waals surface area contributed by atoms with Crippen molar-refractivity contribution in [2.24, 2.45) is 0 Å². The zero-order valence-corrected chi connectivity index (χ0v) is 14.6. The number of anilines is 1. The van der Waals surface area contributed by atoms with Gasteiger partial charge in [0.15, 0.2) is 4.34 Å². The fourth-order valence-corrected chi connectivity index (χ4v) is 4.38. The van der Waals surface area contributed by atoms with Gasteiger partial charge in [0.05, 0.1) is 12.3 Å². The van der Waals surface area contributed by atoms with Crippen molar-refractivity contribution in [3.8, 4) is 0 Å². The minimum absolute atomic E-state index is 0.0651. The SMILES string of the molecule is O=[N+]([O-])c1c(Sc2nnc(NCC3CCCO3)s2)nc2ccccn12. The van der Waals surface area contributed by atoms with Crippen molar-refractivity contribution < 1.29 is 9.66 Å². The number of aromatic nitrogens is 4. The standard InChI is InChI=1S/C14H14N6O3S2/c21-20(22)12-11(16-10-5-1-2-6-19(10)12)24-14-18-17-13(25-14)15-8-9-4-3-7-23-9/h1-2,5-6,9H,3-4,7-8H2,(H,15,17). The van der Waals surface area contributed by atoms with Gasteiger partial charge in [0.2, 0.25) is 15.8 Å². The van der Waals surface area contributed by atoms with Crippen molar-refractivity contribution in [1.29, 1.82) is 0 Å². The molecule has 9 nitrogen and oxygen atoms in total. The summed E-state index contributed by atoms with van der Waals surface area (Å²) >= 11 is 2.49. The molecule has 1 unspecified atom stereocenters. The number of nitrogens with zero attached hydrogens (tertiary/aromatic N) is 5. The largest absolute Gasteiger partial charge is 0.376 e. The van der Waals surface area contributed by atoms with Crippen LogP contribution < -0.4 is 5.32 Å². The second-order valence-corrected chi connectivity index (χ2v) is 7.63. The van der Waals surface area contributed by atoms with E-state index in [1.54, 1.807) is 24.4 Å². The summed E-state index contributed by atoms with van der Waals surface area (Å²) in [4.78, 5) is 15.3. The Morgan fingerprint density at radius 2 is 2.40 bits per heavy atom. The molecule has 1 N–H and O–H groups in total. The summed E-state index contributed by atoms with van der Waals surface area (Å²) in [5.74, 6) is -0.0651. The molecule has 4 heterocycles. The molecule has 1 atom stereocenters. The van der Waals surface area contributed by atoms with E-state index in [9.17, 15) is 10.1 Å². The van der Waals surface area contributed by atoms with Crippen molar-refractivity contribution in [2.45, 2.75) is 28.3 Å². The van der Waals surface area contributed by atoms with E-state index in [1.165, 1.54) is 15.7 Å². The predicted octanol–water partition coefficient (Wildman–Crippen LogP) is 2.84. The summed E-state index contributed by atoms with van der Waals surface area (Å²) < 4.78 is 7.61. The van der Waals surface area contributed by atoms with Crippen LogP contribution in [-0.4, -0.2) is 43.8 Å². The number of hydrogen-bond acceptors (Lipinski definition) is 9. The first-order valence-corrected chi connectivity index (χ1v) is 9.32. The van der Waals surface area contributed by atoms with Crippen LogP contribution in [0.2, 0.25) is 0 Å². The van der Waals surface area contributed by atoms with Gasteiger partial charge in [0, 0.05) is 19.2 Å². The molecule has 11 heteroatoms. The summed E-state index contributed by atoms with van der Waals surface area (Å²) in [6.45, 7) is 1.49. The van der Waals surface area contributed by atoms with Crippen LogP contribution in [0.15, 0.2) is 33.8 Å². The van der Waals surface area contributed by atoms with E-state index >= 15 is 0 Å². The molecule has 0 bridgehead atoms. The van der Waals surface area contributed by atoms with Gasteiger partial charge in [-0.2, -0.15) is 9.38 Å².